The number of rotatable bonds is 4. The molecule has 0 unspecified atom stereocenters. The molecule has 0 bridgehead atoms. The Hall–Kier alpha value is -3.26. The van der Waals surface area contributed by atoms with Crippen molar-refractivity contribution in [3.05, 3.63) is 51.2 Å². The molecule has 0 atom stereocenters. The third-order valence-electron chi connectivity index (χ3n) is 4.31. The minimum Gasteiger partial charge on any atom is -0.506 e. The van der Waals surface area contributed by atoms with E-state index in [2.05, 4.69) is 15.3 Å². The zero-order chi connectivity index (χ0) is 20.6. The van der Waals surface area contributed by atoms with Gasteiger partial charge >= 0.3 is 0 Å². The van der Waals surface area contributed by atoms with Crippen LogP contribution in [0.25, 0.3) is 22.2 Å². The predicted octanol–water partition coefficient (Wildman–Crippen LogP) is 1.98. The molecule has 9 heteroatoms. The molecule has 0 aliphatic rings. The molecule has 2 aromatic heterocycles. The Balaban J connectivity index is 2.23. The molecular formula is C19H17ClN4O4. The minimum atomic E-state index is -0.818. The fourth-order valence-electron chi connectivity index (χ4n) is 2.89. The second-order valence-electron chi connectivity index (χ2n) is 6.38. The van der Waals surface area contributed by atoms with Crippen LogP contribution in [0.2, 0.25) is 5.28 Å². The van der Waals surface area contributed by atoms with Gasteiger partial charge in [0.1, 0.15) is 17.1 Å². The predicted molar refractivity (Wildman–Crippen MR) is 105 cm³/mol. The van der Waals surface area contributed by atoms with Gasteiger partial charge in [0.25, 0.3) is 11.5 Å². The number of halogens is 1. The van der Waals surface area contributed by atoms with Crippen LogP contribution in [0.3, 0.4) is 0 Å². The number of aryl methyl sites for hydroxylation is 2. The molecule has 0 radical (unpaired) electrons. The van der Waals surface area contributed by atoms with Gasteiger partial charge in [-0.25, -0.2) is 9.97 Å². The number of aromatic nitrogens is 3. The van der Waals surface area contributed by atoms with E-state index < -0.39 is 22.8 Å². The number of hydrogen-bond donors (Lipinski definition) is 2. The number of carbonyl (C=O) groups is 2. The second kappa shape index (κ2) is 7.40. The van der Waals surface area contributed by atoms with Crippen LogP contribution in [0.4, 0.5) is 0 Å². The number of amides is 1. The van der Waals surface area contributed by atoms with Gasteiger partial charge in [-0.3, -0.25) is 14.4 Å². The minimum absolute atomic E-state index is 0.0784. The van der Waals surface area contributed by atoms with E-state index in [0.717, 1.165) is 5.56 Å². The number of Topliss-reactive ketones (excluding diaryl/α,β-unsaturated/α-hetero) is 1. The maximum absolute atomic E-state index is 12.6. The average molecular weight is 401 g/mol. The van der Waals surface area contributed by atoms with Crippen LogP contribution < -0.4 is 10.9 Å². The summed E-state index contributed by atoms with van der Waals surface area (Å²) < 4.78 is 1.27. The Morgan fingerprint density at radius 2 is 2.04 bits per heavy atom. The van der Waals surface area contributed by atoms with E-state index in [9.17, 15) is 19.5 Å². The van der Waals surface area contributed by atoms with Crippen molar-refractivity contribution in [2.75, 3.05) is 6.54 Å². The quantitative estimate of drug-likeness (QED) is 0.647. The Kier molecular flexibility index (Phi) is 5.15. The molecule has 1 aromatic carbocycles. The van der Waals surface area contributed by atoms with Gasteiger partial charge in [-0.1, -0.05) is 6.07 Å². The molecule has 0 saturated carbocycles. The summed E-state index contributed by atoms with van der Waals surface area (Å²) in [4.78, 5) is 44.2. The van der Waals surface area contributed by atoms with E-state index in [1.54, 1.807) is 24.4 Å². The lowest BCUT2D eigenvalue weighted by Crippen LogP contribution is -2.34. The van der Waals surface area contributed by atoms with Crippen molar-refractivity contribution in [1.29, 1.82) is 0 Å². The summed E-state index contributed by atoms with van der Waals surface area (Å²) in [6, 6.07) is 5.01. The third-order valence-corrected chi connectivity index (χ3v) is 4.49. The molecule has 3 rings (SSSR count). The summed E-state index contributed by atoms with van der Waals surface area (Å²) >= 11 is 5.89. The number of pyridine rings is 1. The SMILES string of the molecule is CC(=O)CNC(=O)c1c(O)c2cc(-c3nc(Cl)ncc3C)ccc2n(C)c1=O. The first kappa shape index (κ1) is 19.5. The zero-order valence-electron chi connectivity index (χ0n) is 15.4. The average Bonchev–Trinajstić information content (AvgIpc) is 2.66. The molecule has 0 fully saturated rings. The van der Waals surface area contributed by atoms with E-state index in [4.69, 9.17) is 11.6 Å². The standard InChI is InChI=1S/C19H17ClN4O4/c1-9-7-22-19(20)23-15(9)11-4-5-13-12(6-11)16(26)14(18(28)24(13)3)17(27)21-8-10(2)25/h4-7,26H,8H2,1-3H3,(H,21,27). The number of nitrogens with one attached hydrogen (secondary N) is 1. The first-order chi connectivity index (χ1) is 13.2. The molecule has 2 N–H and O–H groups in total. The van der Waals surface area contributed by atoms with Crippen LogP contribution in [0, 0.1) is 6.92 Å². The van der Waals surface area contributed by atoms with Gasteiger partial charge in [-0.15, -0.1) is 0 Å². The molecule has 144 valence electrons. The van der Waals surface area contributed by atoms with Crippen molar-refractivity contribution in [3.63, 3.8) is 0 Å². The molecule has 0 saturated heterocycles. The highest BCUT2D eigenvalue weighted by atomic mass is 35.5. The lowest BCUT2D eigenvalue weighted by atomic mass is 10.0. The highest BCUT2D eigenvalue weighted by Gasteiger charge is 2.22. The first-order valence-corrected chi connectivity index (χ1v) is 8.71. The number of benzene rings is 1. The number of carbonyl (C=O) groups excluding carboxylic acids is 2. The molecule has 3 aromatic rings. The van der Waals surface area contributed by atoms with Crippen LogP contribution in [0.5, 0.6) is 5.75 Å². The van der Waals surface area contributed by atoms with Crippen molar-refractivity contribution < 1.29 is 14.7 Å². The van der Waals surface area contributed by atoms with E-state index in [1.807, 2.05) is 6.92 Å². The number of aromatic hydroxyl groups is 1. The molecule has 2 heterocycles. The summed E-state index contributed by atoms with van der Waals surface area (Å²) in [6.07, 6.45) is 1.58. The Morgan fingerprint density at radius 1 is 1.32 bits per heavy atom. The normalized spacial score (nSPS) is 10.9. The van der Waals surface area contributed by atoms with E-state index in [1.165, 1.54) is 18.5 Å². The van der Waals surface area contributed by atoms with Gasteiger partial charge in [-0.05, 0) is 43.1 Å². The monoisotopic (exact) mass is 400 g/mol. The van der Waals surface area contributed by atoms with E-state index >= 15 is 0 Å². The molecular weight excluding hydrogens is 384 g/mol. The summed E-state index contributed by atoms with van der Waals surface area (Å²) in [5.41, 5.74) is 1.32. The third kappa shape index (κ3) is 3.46. The molecule has 0 aliphatic carbocycles. The zero-order valence-corrected chi connectivity index (χ0v) is 16.2. The maximum atomic E-state index is 12.6. The van der Waals surface area contributed by atoms with Gasteiger partial charge in [0.2, 0.25) is 5.28 Å². The van der Waals surface area contributed by atoms with Crippen molar-refractivity contribution in [3.8, 4) is 17.0 Å². The largest absolute Gasteiger partial charge is 0.506 e. The Labute approximate surface area is 164 Å². The molecule has 0 aliphatic heterocycles. The first-order valence-electron chi connectivity index (χ1n) is 8.33. The Morgan fingerprint density at radius 3 is 2.71 bits per heavy atom. The summed E-state index contributed by atoms with van der Waals surface area (Å²) in [5, 5.41) is 13.4. The lowest BCUT2D eigenvalue weighted by Gasteiger charge is -2.13. The molecule has 0 spiro atoms. The van der Waals surface area contributed by atoms with E-state index in [-0.39, 0.29) is 17.6 Å². The van der Waals surface area contributed by atoms with Gasteiger partial charge in [0.15, 0.2) is 0 Å². The fraction of sp³-hybridized carbons (Fsp3) is 0.211. The highest BCUT2D eigenvalue weighted by molar-refractivity contribution is 6.28. The second-order valence-corrected chi connectivity index (χ2v) is 6.71. The van der Waals surface area contributed by atoms with Crippen molar-refractivity contribution in [2.45, 2.75) is 13.8 Å². The summed E-state index contributed by atoms with van der Waals surface area (Å²) in [7, 11) is 1.50. The number of ketones is 1. The van der Waals surface area contributed by atoms with Crippen molar-refractivity contribution >= 4 is 34.2 Å². The van der Waals surface area contributed by atoms with Crippen LogP contribution in [0.15, 0.2) is 29.2 Å². The van der Waals surface area contributed by atoms with Crippen molar-refractivity contribution in [2.24, 2.45) is 7.05 Å². The Bertz CT molecular complexity index is 1190. The van der Waals surface area contributed by atoms with Gasteiger partial charge in [0.05, 0.1) is 17.8 Å². The summed E-state index contributed by atoms with van der Waals surface area (Å²) in [5.74, 6) is -1.55. The van der Waals surface area contributed by atoms with Gasteiger partial charge in [0, 0.05) is 24.2 Å². The maximum Gasteiger partial charge on any atom is 0.267 e. The van der Waals surface area contributed by atoms with Crippen LogP contribution in [0.1, 0.15) is 22.8 Å². The van der Waals surface area contributed by atoms with E-state index in [0.29, 0.717) is 22.2 Å². The van der Waals surface area contributed by atoms with Crippen molar-refractivity contribution in [1.82, 2.24) is 19.9 Å². The number of fused-ring (bicyclic) bond motifs is 1. The van der Waals surface area contributed by atoms with Crippen LogP contribution in [-0.2, 0) is 11.8 Å². The van der Waals surface area contributed by atoms with Gasteiger partial charge in [-0.2, -0.15) is 0 Å². The highest BCUT2D eigenvalue weighted by Crippen LogP contribution is 2.31. The number of hydrogen-bond acceptors (Lipinski definition) is 6. The van der Waals surface area contributed by atoms with Crippen LogP contribution >= 0.6 is 11.6 Å². The lowest BCUT2D eigenvalue weighted by molar-refractivity contribution is -0.116. The molecule has 28 heavy (non-hydrogen) atoms. The topological polar surface area (TPSA) is 114 Å². The summed E-state index contributed by atoms with van der Waals surface area (Å²) in [6.45, 7) is 2.88. The molecule has 1 amide bonds. The van der Waals surface area contributed by atoms with Gasteiger partial charge < -0.3 is 15.0 Å². The molecule has 8 nitrogen and oxygen atoms in total. The number of nitrogens with zero attached hydrogens (tertiary/aromatic N) is 3. The smallest absolute Gasteiger partial charge is 0.267 e. The fourth-order valence-corrected chi connectivity index (χ4v) is 3.02. The van der Waals surface area contributed by atoms with Crippen LogP contribution in [-0.4, -0.2) is 37.9 Å².